The topological polar surface area (TPSA) is 12.0 Å². The van der Waals surface area contributed by atoms with Gasteiger partial charge in [-0.05, 0) is 54.1 Å². The van der Waals surface area contributed by atoms with Crippen LogP contribution in [0.25, 0.3) is 0 Å². The molecule has 2 aliphatic carbocycles. The summed E-state index contributed by atoms with van der Waals surface area (Å²) in [5.74, 6) is 2.99. The van der Waals surface area contributed by atoms with Crippen LogP contribution in [0.4, 0.5) is 5.69 Å². The molecule has 0 aromatic heterocycles. The molecule has 1 N–H and O–H groups in total. The summed E-state index contributed by atoms with van der Waals surface area (Å²) >= 11 is 0. The summed E-state index contributed by atoms with van der Waals surface area (Å²) in [5.41, 5.74) is 3.01. The zero-order chi connectivity index (χ0) is 13.5. The molecule has 1 aromatic rings. The fourth-order valence-corrected chi connectivity index (χ4v) is 4.16. The monoisotopic (exact) mass is 257 g/mol. The molecule has 1 heteroatoms. The molecule has 2 bridgehead atoms. The van der Waals surface area contributed by atoms with Gasteiger partial charge in [0.05, 0.1) is 0 Å². The van der Waals surface area contributed by atoms with E-state index in [0.29, 0.717) is 0 Å². The van der Waals surface area contributed by atoms with Gasteiger partial charge in [0.15, 0.2) is 0 Å². The van der Waals surface area contributed by atoms with E-state index in [1.54, 1.807) is 0 Å². The van der Waals surface area contributed by atoms with Crippen LogP contribution in [0, 0.1) is 17.8 Å². The minimum absolute atomic E-state index is 0.221. The summed E-state index contributed by atoms with van der Waals surface area (Å²) < 4.78 is 0. The highest BCUT2D eigenvalue weighted by Gasteiger charge is 2.39. The van der Waals surface area contributed by atoms with E-state index in [9.17, 15) is 0 Å². The molecule has 0 spiro atoms. The van der Waals surface area contributed by atoms with Crippen LogP contribution >= 0.6 is 0 Å². The van der Waals surface area contributed by atoms with E-state index < -0.39 is 0 Å². The van der Waals surface area contributed by atoms with E-state index in [1.807, 2.05) is 0 Å². The van der Waals surface area contributed by atoms with Crippen molar-refractivity contribution in [1.29, 1.82) is 0 Å². The Kier molecular flexibility index (Phi) is 3.32. The van der Waals surface area contributed by atoms with Crippen molar-refractivity contribution in [3.8, 4) is 0 Å². The Morgan fingerprint density at radius 3 is 2.53 bits per heavy atom. The molecule has 0 aliphatic heterocycles. The van der Waals surface area contributed by atoms with Gasteiger partial charge in [0.2, 0.25) is 0 Å². The summed E-state index contributed by atoms with van der Waals surface area (Å²) in [5, 5.41) is 3.75. The van der Waals surface area contributed by atoms with Crippen LogP contribution in [0.5, 0.6) is 0 Å². The Hall–Kier alpha value is -0.980. The van der Waals surface area contributed by atoms with Gasteiger partial charge in [-0.1, -0.05) is 45.4 Å². The molecule has 1 nitrogen and oxygen atoms in total. The lowest BCUT2D eigenvalue weighted by molar-refractivity contribution is 0.348. The highest BCUT2D eigenvalue weighted by atomic mass is 14.9. The number of hydrogen-bond donors (Lipinski definition) is 1. The lowest BCUT2D eigenvalue weighted by Gasteiger charge is -2.26. The van der Waals surface area contributed by atoms with E-state index >= 15 is 0 Å². The van der Waals surface area contributed by atoms with Crippen molar-refractivity contribution in [2.24, 2.45) is 17.8 Å². The number of anilines is 1. The molecule has 2 fully saturated rings. The molecular weight excluding hydrogens is 230 g/mol. The Morgan fingerprint density at radius 2 is 1.89 bits per heavy atom. The molecule has 1 aromatic carbocycles. The molecule has 0 saturated heterocycles. The highest BCUT2D eigenvalue weighted by Crippen LogP contribution is 2.48. The van der Waals surface area contributed by atoms with Crippen LogP contribution in [0.3, 0.4) is 0 Å². The van der Waals surface area contributed by atoms with Crippen molar-refractivity contribution in [1.82, 2.24) is 0 Å². The maximum Gasteiger partial charge on any atom is 0.0378 e. The molecule has 0 heterocycles. The van der Waals surface area contributed by atoms with Gasteiger partial charge >= 0.3 is 0 Å². The van der Waals surface area contributed by atoms with E-state index in [2.05, 4.69) is 50.4 Å². The largest absolute Gasteiger partial charge is 0.385 e. The third-order valence-electron chi connectivity index (χ3n) is 5.17. The van der Waals surface area contributed by atoms with Gasteiger partial charge in [-0.15, -0.1) is 0 Å². The number of hydrogen-bond acceptors (Lipinski definition) is 1. The number of fused-ring (bicyclic) bond motifs is 2. The predicted octanol–water partition coefficient (Wildman–Crippen LogP) is 4.83. The highest BCUT2D eigenvalue weighted by molar-refractivity contribution is 5.54. The number of nitrogens with one attached hydrogen (secondary N) is 1. The third kappa shape index (κ3) is 2.66. The van der Waals surface area contributed by atoms with Crippen LogP contribution in [0.15, 0.2) is 24.3 Å². The smallest absolute Gasteiger partial charge is 0.0378 e. The minimum Gasteiger partial charge on any atom is -0.385 e. The molecule has 19 heavy (non-hydrogen) atoms. The first-order valence-electron chi connectivity index (χ1n) is 7.87. The van der Waals surface area contributed by atoms with E-state index in [4.69, 9.17) is 0 Å². The summed E-state index contributed by atoms with van der Waals surface area (Å²) in [6, 6.07) is 8.82. The Morgan fingerprint density at radius 1 is 1.11 bits per heavy atom. The van der Waals surface area contributed by atoms with Crippen molar-refractivity contribution in [3.63, 3.8) is 0 Å². The fraction of sp³-hybridized carbons (Fsp3) is 0.667. The predicted molar refractivity (Wildman–Crippen MR) is 82.6 cm³/mol. The van der Waals surface area contributed by atoms with Gasteiger partial charge in [-0.3, -0.25) is 0 Å². The summed E-state index contributed by atoms with van der Waals surface area (Å²) in [6.45, 7) is 8.06. The summed E-state index contributed by atoms with van der Waals surface area (Å²) in [7, 11) is 0. The molecule has 104 valence electrons. The SMILES string of the molecule is CC(C)(C)c1ccccc1NCC1CC2CCC1C2. The molecule has 3 rings (SSSR count). The minimum atomic E-state index is 0.221. The summed E-state index contributed by atoms with van der Waals surface area (Å²) in [4.78, 5) is 0. The van der Waals surface area contributed by atoms with Gasteiger partial charge in [0.25, 0.3) is 0 Å². The average molecular weight is 257 g/mol. The molecule has 2 saturated carbocycles. The van der Waals surface area contributed by atoms with Gasteiger partial charge in [0, 0.05) is 12.2 Å². The van der Waals surface area contributed by atoms with Crippen LogP contribution in [0.2, 0.25) is 0 Å². The van der Waals surface area contributed by atoms with Gasteiger partial charge < -0.3 is 5.32 Å². The van der Waals surface area contributed by atoms with Crippen molar-refractivity contribution >= 4 is 5.69 Å². The Bertz CT molecular complexity index is 443. The first kappa shape index (κ1) is 13.0. The second kappa shape index (κ2) is 4.85. The summed E-state index contributed by atoms with van der Waals surface area (Å²) in [6.07, 6.45) is 5.96. The quantitative estimate of drug-likeness (QED) is 0.817. The standard InChI is InChI=1S/C18H27N/c1-18(2,3)16-6-4-5-7-17(16)19-12-15-11-13-8-9-14(15)10-13/h4-7,13-15,19H,8-12H2,1-3H3. The Labute approximate surface area is 117 Å². The first-order chi connectivity index (χ1) is 9.04. The number of para-hydroxylation sites is 1. The lowest BCUT2D eigenvalue weighted by Crippen LogP contribution is -2.22. The number of rotatable bonds is 3. The number of benzene rings is 1. The van der Waals surface area contributed by atoms with Gasteiger partial charge in [-0.2, -0.15) is 0 Å². The first-order valence-corrected chi connectivity index (χ1v) is 7.87. The second-order valence-electron chi connectivity index (χ2n) is 7.61. The maximum atomic E-state index is 3.75. The Balaban J connectivity index is 1.67. The van der Waals surface area contributed by atoms with E-state index in [0.717, 1.165) is 17.8 Å². The van der Waals surface area contributed by atoms with Crippen LogP contribution in [-0.4, -0.2) is 6.54 Å². The molecule has 2 aliphatic rings. The van der Waals surface area contributed by atoms with Crippen LogP contribution < -0.4 is 5.32 Å². The maximum absolute atomic E-state index is 3.75. The molecule has 0 amide bonds. The zero-order valence-electron chi connectivity index (χ0n) is 12.6. The molecule has 0 radical (unpaired) electrons. The van der Waals surface area contributed by atoms with E-state index in [-0.39, 0.29) is 5.41 Å². The fourth-order valence-electron chi connectivity index (χ4n) is 4.16. The van der Waals surface area contributed by atoms with Crippen molar-refractivity contribution < 1.29 is 0 Å². The van der Waals surface area contributed by atoms with Gasteiger partial charge in [-0.25, -0.2) is 0 Å². The molecular formula is C18H27N. The van der Waals surface area contributed by atoms with Crippen molar-refractivity contribution in [3.05, 3.63) is 29.8 Å². The van der Waals surface area contributed by atoms with Crippen LogP contribution in [-0.2, 0) is 5.41 Å². The normalized spacial score (nSPS) is 29.7. The van der Waals surface area contributed by atoms with Crippen molar-refractivity contribution in [2.45, 2.75) is 51.9 Å². The van der Waals surface area contributed by atoms with Crippen LogP contribution in [0.1, 0.15) is 52.0 Å². The molecule has 3 atom stereocenters. The van der Waals surface area contributed by atoms with E-state index in [1.165, 1.54) is 43.5 Å². The molecule has 3 unspecified atom stereocenters. The average Bonchev–Trinajstić information content (AvgIpc) is 2.97. The third-order valence-corrected chi connectivity index (χ3v) is 5.17. The van der Waals surface area contributed by atoms with Crippen molar-refractivity contribution in [2.75, 3.05) is 11.9 Å². The lowest BCUT2D eigenvalue weighted by atomic mass is 9.85. The second-order valence-corrected chi connectivity index (χ2v) is 7.61. The van der Waals surface area contributed by atoms with Gasteiger partial charge in [0.1, 0.15) is 0 Å². The zero-order valence-corrected chi connectivity index (χ0v) is 12.6.